The summed E-state index contributed by atoms with van der Waals surface area (Å²) >= 11 is 1.07. The van der Waals surface area contributed by atoms with Gasteiger partial charge in [0, 0.05) is 44.8 Å². The minimum absolute atomic E-state index is 0.00316. The molecule has 0 saturated carbocycles. The second kappa shape index (κ2) is 35.4. The Balaban J connectivity index is 0.000000135. The number of hydrogen-bond acceptors (Lipinski definition) is 26. The van der Waals surface area contributed by atoms with E-state index in [1.165, 1.54) is 67.6 Å². The molecular weight excluding hydrogens is 1490 g/mol. The van der Waals surface area contributed by atoms with Gasteiger partial charge in [-0.1, -0.05) is 146 Å². The zero-order valence-corrected chi connectivity index (χ0v) is 61.4. The second-order valence-corrected chi connectivity index (χ2v) is 25.8. The van der Waals surface area contributed by atoms with Crippen molar-refractivity contribution < 1.29 is 60.5 Å². The zero-order valence-electron chi connectivity index (χ0n) is 60.5. The average molecular weight is 1550 g/mol. The van der Waals surface area contributed by atoms with Crippen LogP contribution in [0.25, 0.3) is 137 Å². The summed E-state index contributed by atoms with van der Waals surface area (Å²) in [6.45, 7) is 1.50. The number of rotatable bonds is 16. The van der Waals surface area contributed by atoms with Crippen molar-refractivity contribution >= 4 is 29.2 Å². The first kappa shape index (κ1) is 77.6. The molecule has 9 N–H and O–H groups in total. The SMILES string of the molecule is CC(=O)c1ccc(-c2nc(-c3ccccc3O)nc(-c3ccccc3O)n2)cc1.N#CSc1ccc(-c2nc(-c3ccccc3O)nc(-c3ccccc3O)n2)cc1.O=C(O)c1ccc(-c2nc(-c3ccccc3O)nc(-c3ccccc3O)n2)cc1.O=[N+]([O-])c1ccc(-c2nc(-c3ccccc3O)nc(-c3ccccc3O)n2)cc1. The van der Waals surface area contributed by atoms with E-state index in [4.69, 9.17) is 10.4 Å². The highest BCUT2D eigenvalue weighted by Crippen LogP contribution is 2.39. The molecule has 116 heavy (non-hydrogen) atoms. The Morgan fingerprint density at radius 3 is 0.672 bits per heavy atom. The van der Waals surface area contributed by atoms with Gasteiger partial charge in [-0.25, -0.2) is 64.6 Å². The van der Waals surface area contributed by atoms with Crippen molar-refractivity contribution in [2.24, 2.45) is 0 Å². The molecule has 27 nitrogen and oxygen atoms in total. The number of benzene rings is 12. The lowest BCUT2D eigenvalue weighted by Gasteiger charge is -2.10. The van der Waals surface area contributed by atoms with Crippen molar-refractivity contribution in [1.29, 1.82) is 5.26 Å². The summed E-state index contributed by atoms with van der Waals surface area (Å²) in [5, 5.41) is 113. The molecular formula is C88H60N14O13S. The van der Waals surface area contributed by atoms with Crippen LogP contribution < -0.4 is 0 Å². The Labute approximate surface area is 663 Å². The van der Waals surface area contributed by atoms with Crippen LogP contribution in [0.15, 0.2) is 296 Å². The van der Waals surface area contributed by atoms with Gasteiger partial charge in [-0.3, -0.25) is 14.9 Å². The van der Waals surface area contributed by atoms with Crippen molar-refractivity contribution in [3.8, 4) is 188 Å². The van der Waals surface area contributed by atoms with Crippen molar-refractivity contribution in [1.82, 2.24) is 59.8 Å². The molecule has 0 aliphatic heterocycles. The zero-order chi connectivity index (χ0) is 81.4. The van der Waals surface area contributed by atoms with Crippen LogP contribution in [0, 0.1) is 20.8 Å². The van der Waals surface area contributed by atoms with Crippen LogP contribution in [-0.2, 0) is 0 Å². The smallest absolute Gasteiger partial charge is 0.335 e. The first-order chi connectivity index (χ1) is 56.2. The number of phenolic OH excluding ortho intramolecular Hbond substituents is 8. The van der Waals surface area contributed by atoms with Crippen LogP contribution in [-0.4, -0.2) is 122 Å². The number of nitriles is 1. The number of nitrogens with zero attached hydrogens (tertiary/aromatic N) is 14. The average Bonchev–Trinajstić information content (AvgIpc) is 0.806. The number of carboxylic acid groups (broad SMARTS) is 1. The number of hydrogen-bond donors (Lipinski definition) is 9. The maximum atomic E-state index is 11.5. The first-order valence-corrected chi connectivity index (χ1v) is 35.7. The molecule has 0 radical (unpaired) electrons. The topological polar surface area (TPSA) is 438 Å². The van der Waals surface area contributed by atoms with E-state index in [1.807, 2.05) is 29.7 Å². The van der Waals surface area contributed by atoms with Gasteiger partial charge in [0.05, 0.1) is 55.0 Å². The molecule has 566 valence electrons. The third kappa shape index (κ3) is 18.3. The molecule has 0 atom stereocenters. The molecule has 4 aromatic heterocycles. The number of non-ortho nitro benzene ring substituents is 1. The number of nitro benzene ring substituents is 1. The molecule has 0 bridgehead atoms. The van der Waals surface area contributed by atoms with Crippen molar-refractivity contribution in [2.45, 2.75) is 11.8 Å². The number of nitro groups is 1. The molecule has 4 heterocycles. The van der Waals surface area contributed by atoms with Gasteiger partial charge in [-0.15, -0.1) is 0 Å². The minimum Gasteiger partial charge on any atom is -0.507 e. The monoisotopic (exact) mass is 1550 g/mol. The number of aromatic hydroxyl groups is 8. The standard InChI is InChI=1S/C23H17N3O3.C22H14N4O2S.C22H15N3O4.C21H14N4O4/c1-14(27)15-10-12-16(13-11-15)21-24-22(17-6-2-4-8-19(17)28)26-23(25-21)18-7-3-5-9-20(18)29;23-13-29-15-11-9-14(10-12-15)20-24-21(16-5-1-3-7-18(16)27)26-22(25-20)17-6-2-4-8-19(17)28;26-17-7-3-1-5-15(17)20-23-19(13-9-11-14(12-10-13)22(28)29)24-21(25-20)16-6-2-4-8-18(16)27;26-17-7-3-1-5-15(17)20-22-19(13-9-11-14(12-10-13)25(28)29)23-21(24-20)16-6-2-4-8-18(16)27/h2-13,28-29H,1H3;1-12,27-28H;1-12,26-27H,(H,28,29);1-12,26-27H. The quantitative estimate of drug-likeness (QED) is 0.0143. The summed E-state index contributed by atoms with van der Waals surface area (Å²) in [7, 11) is 0. The molecule has 28 heteroatoms. The molecule has 0 spiro atoms. The van der Waals surface area contributed by atoms with Crippen molar-refractivity contribution in [3.05, 3.63) is 312 Å². The molecule has 0 aliphatic rings. The Hall–Kier alpha value is -16.5. The minimum atomic E-state index is -1.03. The normalized spacial score (nSPS) is 10.6. The van der Waals surface area contributed by atoms with E-state index in [0.29, 0.717) is 90.1 Å². The summed E-state index contributed by atoms with van der Waals surface area (Å²) in [6.07, 6.45) is 0. The third-order valence-corrected chi connectivity index (χ3v) is 17.9. The van der Waals surface area contributed by atoms with Crippen LogP contribution >= 0.6 is 11.8 Å². The number of carbonyl (C=O) groups excluding carboxylic acids is 1. The predicted molar refractivity (Wildman–Crippen MR) is 433 cm³/mol. The second-order valence-electron chi connectivity index (χ2n) is 24.9. The molecule has 0 saturated heterocycles. The highest BCUT2D eigenvalue weighted by molar-refractivity contribution is 8.03. The van der Waals surface area contributed by atoms with E-state index in [0.717, 1.165) is 22.2 Å². The fourth-order valence-corrected chi connectivity index (χ4v) is 11.7. The molecule has 16 aromatic rings. The van der Waals surface area contributed by atoms with Gasteiger partial charge in [0.2, 0.25) is 0 Å². The van der Waals surface area contributed by atoms with Gasteiger partial charge >= 0.3 is 5.97 Å². The summed E-state index contributed by atoms with van der Waals surface area (Å²) in [4.78, 5) is 87.5. The van der Waals surface area contributed by atoms with Gasteiger partial charge in [0.15, 0.2) is 75.7 Å². The Morgan fingerprint density at radius 2 is 0.483 bits per heavy atom. The number of carbonyl (C=O) groups is 2. The van der Waals surface area contributed by atoms with Gasteiger partial charge < -0.3 is 46.0 Å². The lowest BCUT2D eigenvalue weighted by atomic mass is 10.1. The predicted octanol–water partition coefficient (Wildman–Crippen LogP) is 17.5. The van der Waals surface area contributed by atoms with Crippen LogP contribution in [0.5, 0.6) is 46.0 Å². The Kier molecular flexibility index (Phi) is 23.7. The Bertz CT molecular complexity index is 5670. The maximum Gasteiger partial charge on any atom is 0.335 e. The van der Waals surface area contributed by atoms with E-state index < -0.39 is 10.9 Å². The van der Waals surface area contributed by atoms with E-state index in [9.17, 15) is 60.6 Å². The highest BCUT2D eigenvalue weighted by Gasteiger charge is 2.23. The lowest BCUT2D eigenvalue weighted by Crippen LogP contribution is -2.01. The van der Waals surface area contributed by atoms with E-state index >= 15 is 0 Å². The van der Waals surface area contributed by atoms with Gasteiger partial charge in [-0.05, 0) is 152 Å². The summed E-state index contributed by atoms with van der Waals surface area (Å²) < 4.78 is 0. The van der Waals surface area contributed by atoms with E-state index in [1.54, 1.807) is 206 Å². The van der Waals surface area contributed by atoms with Crippen LogP contribution in [0.2, 0.25) is 0 Å². The Morgan fingerprint density at radius 1 is 0.293 bits per heavy atom. The van der Waals surface area contributed by atoms with E-state index in [-0.39, 0.29) is 110 Å². The number of phenols is 8. The molecule has 0 amide bonds. The van der Waals surface area contributed by atoms with Crippen molar-refractivity contribution in [3.63, 3.8) is 0 Å². The number of para-hydroxylation sites is 8. The van der Waals surface area contributed by atoms with Crippen molar-refractivity contribution in [2.75, 3.05) is 0 Å². The van der Waals surface area contributed by atoms with Gasteiger partial charge in [0.1, 0.15) is 51.4 Å². The summed E-state index contributed by atoms with van der Waals surface area (Å²) in [5.41, 5.74) is 6.65. The maximum absolute atomic E-state index is 11.5. The molecule has 12 aromatic carbocycles. The van der Waals surface area contributed by atoms with E-state index in [2.05, 4.69) is 59.8 Å². The number of thioether (sulfide) groups is 1. The fourth-order valence-electron chi connectivity index (χ4n) is 11.4. The molecule has 16 rings (SSSR count). The summed E-state index contributed by atoms with van der Waals surface area (Å²) in [5.74, 6) is 2.47. The number of thiocyanates is 1. The number of aromatic nitrogens is 12. The molecule has 0 unspecified atom stereocenters. The largest absolute Gasteiger partial charge is 0.507 e. The molecule has 0 aliphatic carbocycles. The number of ketones is 1. The number of Topliss-reactive ketones (excluding diaryl/α,β-unsaturated/α-hetero) is 1. The van der Waals surface area contributed by atoms with Gasteiger partial charge in [-0.2, -0.15) is 5.26 Å². The number of carboxylic acids is 1. The number of aromatic carboxylic acids is 1. The third-order valence-electron chi connectivity index (χ3n) is 17.3. The highest BCUT2D eigenvalue weighted by atomic mass is 32.2. The lowest BCUT2D eigenvalue weighted by molar-refractivity contribution is -0.384. The first-order valence-electron chi connectivity index (χ1n) is 34.9. The van der Waals surface area contributed by atoms with Crippen LogP contribution in [0.3, 0.4) is 0 Å². The van der Waals surface area contributed by atoms with Gasteiger partial charge in [0.25, 0.3) is 5.69 Å². The molecule has 0 fully saturated rings. The summed E-state index contributed by atoms with van der Waals surface area (Å²) in [6, 6.07) is 79.7. The fraction of sp³-hybridized carbons (Fsp3) is 0.0114. The van der Waals surface area contributed by atoms with Crippen LogP contribution in [0.1, 0.15) is 27.6 Å². The van der Waals surface area contributed by atoms with Crippen LogP contribution in [0.4, 0.5) is 5.69 Å².